The average molecular weight is 370 g/mol. The van der Waals surface area contributed by atoms with Gasteiger partial charge in [-0.25, -0.2) is 0 Å². The number of carboxylic acid groups (broad SMARTS) is 1. The second-order valence-corrected chi connectivity index (χ2v) is 7.25. The van der Waals surface area contributed by atoms with E-state index < -0.39 is 5.97 Å². The third-order valence-corrected chi connectivity index (χ3v) is 5.14. The molecule has 0 aliphatic heterocycles. The van der Waals surface area contributed by atoms with Crippen LogP contribution in [0, 0.1) is 12.8 Å². The van der Waals surface area contributed by atoms with Gasteiger partial charge < -0.3 is 9.84 Å². The van der Waals surface area contributed by atoms with Crippen molar-refractivity contribution in [3.63, 3.8) is 0 Å². The van der Waals surface area contributed by atoms with Gasteiger partial charge in [-0.15, -0.1) is 0 Å². The zero-order valence-electron chi connectivity index (χ0n) is 16.6. The van der Waals surface area contributed by atoms with Gasteiger partial charge in [-0.2, -0.15) is 0 Å². The van der Waals surface area contributed by atoms with Crippen molar-refractivity contribution >= 4 is 22.7 Å². The predicted octanol–water partition coefficient (Wildman–Crippen LogP) is 5.68. The summed E-state index contributed by atoms with van der Waals surface area (Å²) < 4.78 is 5.74. The summed E-state index contributed by atoms with van der Waals surface area (Å²) in [7, 11) is 0. The number of rotatable bonds is 10. The van der Waals surface area contributed by atoms with Crippen LogP contribution in [0.15, 0.2) is 30.3 Å². The van der Waals surface area contributed by atoms with E-state index in [-0.39, 0.29) is 18.3 Å². The van der Waals surface area contributed by atoms with E-state index in [1.807, 2.05) is 32.0 Å². The molecule has 4 heteroatoms. The maximum atomic E-state index is 12.3. The number of ether oxygens (including phenoxy) is 1. The number of carbonyl (C=O) groups is 2. The molecule has 146 valence electrons. The second-order valence-electron chi connectivity index (χ2n) is 7.25. The Labute approximate surface area is 161 Å². The molecule has 0 saturated heterocycles. The van der Waals surface area contributed by atoms with Crippen LogP contribution in [-0.2, 0) is 16.0 Å². The lowest BCUT2D eigenvalue weighted by Gasteiger charge is -2.16. The Bertz CT molecular complexity index is 794. The Balaban J connectivity index is 2.18. The summed E-state index contributed by atoms with van der Waals surface area (Å²) in [5.41, 5.74) is 2.42. The summed E-state index contributed by atoms with van der Waals surface area (Å²) in [5.74, 6) is -0.399. The van der Waals surface area contributed by atoms with Crippen molar-refractivity contribution in [1.29, 1.82) is 0 Å². The maximum Gasteiger partial charge on any atom is 0.314 e. The molecule has 27 heavy (non-hydrogen) atoms. The smallest absolute Gasteiger partial charge is 0.314 e. The standard InChI is InChI=1S/C23H30O4/c1-4-16(2)23(26)27-20-12-9-10-18-15-14-17(3)19(22(18)20)11-7-5-6-8-13-21(24)25/h9-10,12,14-16H,4-8,11,13H2,1-3H3,(H,24,25). The van der Waals surface area contributed by atoms with E-state index in [9.17, 15) is 9.59 Å². The number of aliphatic carboxylic acids is 1. The summed E-state index contributed by atoms with van der Waals surface area (Å²) in [4.78, 5) is 22.9. The van der Waals surface area contributed by atoms with Crippen LogP contribution in [0.4, 0.5) is 0 Å². The number of hydrogen-bond acceptors (Lipinski definition) is 3. The van der Waals surface area contributed by atoms with Crippen LogP contribution in [0.1, 0.15) is 63.5 Å². The number of benzene rings is 2. The first-order valence-corrected chi connectivity index (χ1v) is 9.88. The molecular weight excluding hydrogens is 340 g/mol. The molecule has 0 bridgehead atoms. The van der Waals surface area contributed by atoms with Gasteiger partial charge in [0.15, 0.2) is 0 Å². The molecule has 0 aliphatic rings. The molecule has 2 aromatic carbocycles. The third kappa shape index (κ3) is 5.81. The van der Waals surface area contributed by atoms with Gasteiger partial charge in [0.1, 0.15) is 5.75 Å². The van der Waals surface area contributed by atoms with Crippen LogP contribution < -0.4 is 4.74 Å². The SMILES string of the molecule is CCC(C)C(=O)Oc1cccc2ccc(C)c(CCCCCCC(=O)O)c12. The van der Waals surface area contributed by atoms with E-state index in [1.54, 1.807) is 0 Å². The van der Waals surface area contributed by atoms with E-state index in [0.717, 1.165) is 49.3 Å². The fraction of sp³-hybridized carbons (Fsp3) is 0.478. The molecule has 2 rings (SSSR count). The first-order valence-electron chi connectivity index (χ1n) is 9.88. The molecule has 4 nitrogen and oxygen atoms in total. The van der Waals surface area contributed by atoms with Crippen LogP contribution in [0.5, 0.6) is 5.75 Å². The van der Waals surface area contributed by atoms with E-state index in [2.05, 4.69) is 19.1 Å². The number of fused-ring (bicyclic) bond motifs is 1. The highest BCUT2D eigenvalue weighted by Crippen LogP contribution is 2.33. The molecule has 0 amide bonds. The largest absolute Gasteiger partial charge is 0.481 e. The van der Waals surface area contributed by atoms with E-state index in [4.69, 9.17) is 9.84 Å². The zero-order chi connectivity index (χ0) is 19.8. The Morgan fingerprint density at radius 1 is 1.07 bits per heavy atom. The molecular formula is C23H30O4. The van der Waals surface area contributed by atoms with Gasteiger partial charge >= 0.3 is 11.9 Å². The van der Waals surface area contributed by atoms with Gasteiger partial charge in [-0.05, 0) is 55.2 Å². The number of carboxylic acids is 1. The molecule has 2 aromatic rings. The van der Waals surface area contributed by atoms with Crippen molar-refractivity contribution < 1.29 is 19.4 Å². The summed E-state index contributed by atoms with van der Waals surface area (Å²) in [6.07, 6.45) is 5.53. The normalized spacial score (nSPS) is 12.1. The quantitative estimate of drug-likeness (QED) is 0.332. The number of esters is 1. The minimum atomic E-state index is -0.729. The molecule has 1 atom stereocenters. The number of carbonyl (C=O) groups excluding carboxylic acids is 1. The molecule has 0 fully saturated rings. The fourth-order valence-electron chi connectivity index (χ4n) is 3.24. The van der Waals surface area contributed by atoms with Crippen molar-refractivity contribution in [2.45, 2.75) is 65.7 Å². The van der Waals surface area contributed by atoms with Gasteiger partial charge in [0.25, 0.3) is 0 Å². The molecule has 0 aromatic heterocycles. The van der Waals surface area contributed by atoms with E-state index in [1.165, 1.54) is 11.1 Å². The summed E-state index contributed by atoms with van der Waals surface area (Å²) >= 11 is 0. The van der Waals surface area contributed by atoms with Gasteiger partial charge in [-0.1, -0.05) is 51.0 Å². The van der Waals surface area contributed by atoms with Gasteiger partial charge in [0.2, 0.25) is 0 Å². The van der Waals surface area contributed by atoms with Crippen LogP contribution >= 0.6 is 0 Å². The van der Waals surface area contributed by atoms with Crippen LogP contribution in [0.3, 0.4) is 0 Å². The Morgan fingerprint density at radius 3 is 2.52 bits per heavy atom. The maximum absolute atomic E-state index is 12.3. The van der Waals surface area contributed by atoms with Crippen LogP contribution in [0.2, 0.25) is 0 Å². The van der Waals surface area contributed by atoms with Gasteiger partial charge in [0.05, 0.1) is 5.92 Å². The summed E-state index contributed by atoms with van der Waals surface area (Å²) in [6, 6.07) is 10.0. The lowest BCUT2D eigenvalue weighted by atomic mass is 9.94. The average Bonchev–Trinajstić information content (AvgIpc) is 2.65. The summed E-state index contributed by atoms with van der Waals surface area (Å²) in [6.45, 7) is 5.96. The topological polar surface area (TPSA) is 63.6 Å². The van der Waals surface area contributed by atoms with Crippen LogP contribution in [-0.4, -0.2) is 17.0 Å². The van der Waals surface area contributed by atoms with Gasteiger partial charge in [-0.3, -0.25) is 9.59 Å². The molecule has 0 saturated carbocycles. The number of aryl methyl sites for hydroxylation is 2. The molecule has 1 unspecified atom stereocenters. The monoisotopic (exact) mass is 370 g/mol. The van der Waals surface area contributed by atoms with E-state index in [0.29, 0.717) is 5.75 Å². The minimum absolute atomic E-state index is 0.122. The molecule has 0 spiro atoms. The lowest BCUT2D eigenvalue weighted by molar-refractivity contribution is -0.138. The highest BCUT2D eigenvalue weighted by atomic mass is 16.5. The van der Waals surface area contributed by atoms with E-state index >= 15 is 0 Å². The minimum Gasteiger partial charge on any atom is -0.481 e. The molecule has 0 heterocycles. The molecule has 0 aliphatic carbocycles. The first kappa shape index (κ1) is 20.9. The highest BCUT2D eigenvalue weighted by molar-refractivity contribution is 5.94. The fourth-order valence-corrected chi connectivity index (χ4v) is 3.24. The predicted molar refractivity (Wildman–Crippen MR) is 108 cm³/mol. The summed E-state index contributed by atoms with van der Waals surface area (Å²) in [5, 5.41) is 10.8. The first-order chi connectivity index (χ1) is 12.9. The van der Waals surface area contributed by atoms with Gasteiger partial charge in [0, 0.05) is 11.8 Å². The lowest BCUT2D eigenvalue weighted by Crippen LogP contribution is -2.17. The third-order valence-electron chi connectivity index (χ3n) is 5.14. The molecule has 0 radical (unpaired) electrons. The van der Waals surface area contributed by atoms with Crippen molar-refractivity contribution in [2.75, 3.05) is 0 Å². The Kier molecular flexibility index (Phi) is 7.83. The highest BCUT2D eigenvalue weighted by Gasteiger charge is 2.16. The zero-order valence-corrected chi connectivity index (χ0v) is 16.6. The van der Waals surface area contributed by atoms with Crippen molar-refractivity contribution in [3.8, 4) is 5.75 Å². The van der Waals surface area contributed by atoms with Crippen molar-refractivity contribution in [1.82, 2.24) is 0 Å². The number of hydrogen-bond donors (Lipinski definition) is 1. The van der Waals surface area contributed by atoms with Crippen LogP contribution in [0.25, 0.3) is 10.8 Å². The van der Waals surface area contributed by atoms with Crippen molar-refractivity contribution in [2.24, 2.45) is 5.92 Å². The molecule has 1 N–H and O–H groups in total. The van der Waals surface area contributed by atoms with Crippen molar-refractivity contribution in [3.05, 3.63) is 41.5 Å². The second kappa shape index (κ2) is 10.1. The Hall–Kier alpha value is -2.36. The Morgan fingerprint density at radius 2 is 1.81 bits per heavy atom. The number of unbranched alkanes of at least 4 members (excludes halogenated alkanes) is 3.